The number of sulfonamides is 1. The number of rotatable bonds is 11. The summed E-state index contributed by atoms with van der Waals surface area (Å²) in [6.45, 7) is 8.98. The van der Waals surface area contributed by atoms with Crippen molar-refractivity contribution in [1.29, 1.82) is 0 Å². The van der Waals surface area contributed by atoms with E-state index in [1.165, 1.54) is 17.0 Å². The standard InChI is InChI=1S/C30H36ClN3O4S/c1-6-23(4)32-30(36)24(5)33(19-25-10-8-7-9-22(25)3)29(35)20-34(27-15-13-26(31)14-16-27)39(37,38)28-17-11-21(2)12-18-28/h7-18,23-24H,6,19-20H2,1-5H3,(H,32,36)/t23-,24-/m1/s1. The molecule has 3 aromatic carbocycles. The van der Waals surface area contributed by atoms with Gasteiger partial charge >= 0.3 is 0 Å². The monoisotopic (exact) mass is 569 g/mol. The van der Waals surface area contributed by atoms with E-state index in [0.717, 1.165) is 27.4 Å². The Morgan fingerprint density at radius 2 is 1.54 bits per heavy atom. The molecule has 0 heterocycles. The highest BCUT2D eigenvalue weighted by molar-refractivity contribution is 7.92. The van der Waals surface area contributed by atoms with Crippen molar-refractivity contribution in [2.45, 2.75) is 64.6 Å². The van der Waals surface area contributed by atoms with Crippen molar-refractivity contribution in [2.75, 3.05) is 10.8 Å². The topological polar surface area (TPSA) is 86.8 Å². The third-order valence-electron chi connectivity index (χ3n) is 6.77. The van der Waals surface area contributed by atoms with Gasteiger partial charge in [0.15, 0.2) is 0 Å². The normalized spacial score (nSPS) is 12.9. The number of anilines is 1. The lowest BCUT2D eigenvalue weighted by atomic mass is 10.1. The highest BCUT2D eigenvalue weighted by Crippen LogP contribution is 2.26. The first-order chi connectivity index (χ1) is 18.4. The van der Waals surface area contributed by atoms with Crippen molar-refractivity contribution in [3.05, 3.63) is 94.5 Å². The fourth-order valence-corrected chi connectivity index (χ4v) is 5.53. The fraction of sp³-hybridized carbons (Fsp3) is 0.333. The molecule has 0 aliphatic rings. The second-order valence-corrected chi connectivity index (χ2v) is 12.0. The molecule has 39 heavy (non-hydrogen) atoms. The van der Waals surface area contributed by atoms with E-state index in [1.807, 2.05) is 52.0 Å². The van der Waals surface area contributed by atoms with Gasteiger partial charge < -0.3 is 10.2 Å². The van der Waals surface area contributed by atoms with Crippen molar-refractivity contribution in [3.63, 3.8) is 0 Å². The molecular weight excluding hydrogens is 534 g/mol. The molecule has 0 aliphatic carbocycles. The molecule has 0 saturated heterocycles. The summed E-state index contributed by atoms with van der Waals surface area (Å²) < 4.78 is 28.7. The van der Waals surface area contributed by atoms with Crippen molar-refractivity contribution in [1.82, 2.24) is 10.2 Å². The molecule has 0 bridgehead atoms. The van der Waals surface area contributed by atoms with Crippen LogP contribution in [0.2, 0.25) is 5.02 Å². The smallest absolute Gasteiger partial charge is 0.264 e. The van der Waals surface area contributed by atoms with Crippen LogP contribution < -0.4 is 9.62 Å². The number of hydrogen-bond acceptors (Lipinski definition) is 4. The predicted octanol–water partition coefficient (Wildman–Crippen LogP) is 5.48. The van der Waals surface area contributed by atoms with E-state index >= 15 is 0 Å². The lowest BCUT2D eigenvalue weighted by Gasteiger charge is -2.32. The number of nitrogens with one attached hydrogen (secondary N) is 1. The number of carbonyl (C=O) groups excluding carboxylic acids is 2. The van der Waals surface area contributed by atoms with Crippen molar-refractivity contribution < 1.29 is 18.0 Å². The summed E-state index contributed by atoms with van der Waals surface area (Å²) in [6, 6.07) is 19.4. The van der Waals surface area contributed by atoms with E-state index < -0.39 is 28.5 Å². The average Bonchev–Trinajstić information content (AvgIpc) is 2.91. The molecule has 0 fully saturated rings. The molecule has 2 atom stereocenters. The Labute approximate surface area is 236 Å². The summed E-state index contributed by atoms with van der Waals surface area (Å²) in [5.41, 5.74) is 3.04. The van der Waals surface area contributed by atoms with Crippen molar-refractivity contribution in [3.8, 4) is 0 Å². The number of aryl methyl sites for hydroxylation is 2. The Morgan fingerprint density at radius 3 is 2.13 bits per heavy atom. The Bertz CT molecular complexity index is 1390. The number of nitrogens with zero attached hydrogens (tertiary/aromatic N) is 2. The molecule has 9 heteroatoms. The summed E-state index contributed by atoms with van der Waals surface area (Å²) in [5, 5.41) is 3.38. The molecule has 0 aromatic heterocycles. The molecule has 0 radical (unpaired) electrons. The molecule has 0 aliphatic heterocycles. The Hall–Kier alpha value is -3.36. The SMILES string of the molecule is CC[C@@H](C)NC(=O)[C@@H](C)N(Cc1ccccc1C)C(=O)CN(c1ccc(Cl)cc1)S(=O)(=O)c1ccc(C)cc1. The molecule has 0 spiro atoms. The highest BCUT2D eigenvalue weighted by atomic mass is 35.5. The quantitative estimate of drug-likeness (QED) is 0.331. The third-order valence-corrected chi connectivity index (χ3v) is 8.81. The maximum Gasteiger partial charge on any atom is 0.264 e. The fourth-order valence-electron chi connectivity index (χ4n) is 3.99. The van der Waals surface area contributed by atoms with Crippen LogP contribution in [0.4, 0.5) is 5.69 Å². The van der Waals surface area contributed by atoms with Gasteiger partial charge in [0.05, 0.1) is 10.6 Å². The zero-order valence-corrected chi connectivity index (χ0v) is 24.6. The number of carbonyl (C=O) groups is 2. The lowest BCUT2D eigenvalue weighted by Crippen LogP contribution is -2.52. The van der Waals surface area contributed by atoms with Gasteiger partial charge in [0.25, 0.3) is 10.0 Å². The van der Waals surface area contributed by atoms with Crippen molar-refractivity contribution >= 4 is 39.1 Å². The van der Waals surface area contributed by atoms with Crippen LogP contribution in [0.25, 0.3) is 0 Å². The summed E-state index contributed by atoms with van der Waals surface area (Å²) in [4.78, 5) is 28.6. The number of benzene rings is 3. The molecule has 3 aromatic rings. The van der Waals surface area contributed by atoms with Crippen LogP contribution >= 0.6 is 11.6 Å². The van der Waals surface area contributed by atoms with Crippen LogP contribution in [0, 0.1) is 13.8 Å². The van der Waals surface area contributed by atoms with Gasteiger partial charge in [-0.15, -0.1) is 0 Å². The summed E-state index contributed by atoms with van der Waals surface area (Å²) in [5.74, 6) is -0.804. The van der Waals surface area contributed by atoms with Gasteiger partial charge in [0.1, 0.15) is 12.6 Å². The maximum atomic E-state index is 14.0. The van der Waals surface area contributed by atoms with E-state index in [4.69, 9.17) is 11.6 Å². The van der Waals surface area contributed by atoms with Crippen LogP contribution in [-0.4, -0.2) is 43.8 Å². The third kappa shape index (κ3) is 7.61. The van der Waals surface area contributed by atoms with Gasteiger partial charge in [-0.2, -0.15) is 0 Å². The Balaban J connectivity index is 2.03. The molecule has 0 saturated carbocycles. The minimum atomic E-state index is -4.12. The van der Waals surface area contributed by atoms with Crippen LogP contribution in [0.1, 0.15) is 43.9 Å². The number of halogens is 1. The van der Waals surface area contributed by atoms with Crippen LogP contribution in [-0.2, 0) is 26.2 Å². The number of hydrogen-bond donors (Lipinski definition) is 1. The first-order valence-corrected chi connectivity index (χ1v) is 14.7. The molecule has 7 nitrogen and oxygen atoms in total. The number of amides is 2. The van der Waals surface area contributed by atoms with Crippen LogP contribution in [0.15, 0.2) is 77.7 Å². The first-order valence-electron chi connectivity index (χ1n) is 12.9. The Kier molecular flexibility index (Phi) is 10.2. The van der Waals surface area contributed by atoms with Gasteiger partial charge in [-0.25, -0.2) is 8.42 Å². The van der Waals surface area contributed by atoms with Gasteiger partial charge in [-0.1, -0.05) is 60.5 Å². The maximum absolute atomic E-state index is 14.0. The molecule has 208 valence electrons. The Morgan fingerprint density at radius 1 is 0.923 bits per heavy atom. The first kappa shape index (κ1) is 30.2. The van der Waals surface area contributed by atoms with E-state index in [-0.39, 0.29) is 23.4 Å². The largest absolute Gasteiger partial charge is 0.352 e. The van der Waals surface area contributed by atoms with Crippen LogP contribution in [0.5, 0.6) is 0 Å². The van der Waals surface area contributed by atoms with Gasteiger partial charge in [-0.3, -0.25) is 13.9 Å². The zero-order chi connectivity index (χ0) is 28.7. The van der Waals surface area contributed by atoms with E-state index in [2.05, 4.69) is 5.32 Å². The van der Waals surface area contributed by atoms with E-state index in [1.54, 1.807) is 43.3 Å². The minimum Gasteiger partial charge on any atom is -0.352 e. The highest BCUT2D eigenvalue weighted by Gasteiger charge is 2.33. The second kappa shape index (κ2) is 13.1. The van der Waals surface area contributed by atoms with Crippen molar-refractivity contribution in [2.24, 2.45) is 0 Å². The zero-order valence-electron chi connectivity index (χ0n) is 23.0. The lowest BCUT2D eigenvalue weighted by molar-refractivity contribution is -0.139. The van der Waals surface area contributed by atoms with Crippen LogP contribution in [0.3, 0.4) is 0 Å². The molecule has 1 N–H and O–H groups in total. The second-order valence-electron chi connectivity index (χ2n) is 9.74. The predicted molar refractivity (Wildman–Crippen MR) is 156 cm³/mol. The summed E-state index contributed by atoms with van der Waals surface area (Å²) in [7, 11) is -4.12. The van der Waals surface area contributed by atoms with Gasteiger partial charge in [0.2, 0.25) is 11.8 Å². The molecular formula is C30H36ClN3O4S. The molecule has 2 amide bonds. The summed E-state index contributed by atoms with van der Waals surface area (Å²) >= 11 is 6.07. The summed E-state index contributed by atoms with van der Waals surface area (Å²) in [6.07, 6.45) is 0.739. The minimum absolute atomic E-state index is 0.0591. The van der Waals surface area contributed by atoms with Gasteiger partial charge in [0, 0.05) is 17.6 Å². The van der Waals surface area contributed by atoms with E-state index in [9.17, 15) is 18.0 Å². The van der Waals surface area contributed by atoms with E-state index in [0.29, 0.717) is 10.7 Å². The average molecular weight is 570 g/mol. The molecule has 0 unspecified atom stereocenters. The molecule has 3 rings (SSSR count). The van der Waals surface area contributed by atoms with Gasteiger partial charge in [-0.05, 0) is 81.6 Å².